The molecule has 0 radical (unpaired) electrons. The highest BCUT2D eigenvalue weighted by Crippen LogP contribution is 2.36. The van der Waals surface area contributed by atoms with Crippen LogP contribution in [0.15, 0.2) is 66.2 Å². The Labute approximate surface area is 225 Å². The fraction of sp³-hybridized carbons (Fsp3) is 0.115. The molecule has 8 nitrogen and oxygen atoms in total. The Bertz CT molecular complexity index is 1370. The van der Waals surface area contributed by atoms with Gasteiger partial charge in [-0.3, -0.25) is 14.9 Å². The molecule has 1 heterocycles. The predicted molar refractivity (Wildman–Crippen MR) is 143 cm³/mol. The molecule has 1 saturated heterocycles. The minimum atomic E-state index is -0.831. The largest absolute Gasteiger partial charge is 0.497 e. The highest BCUT2D eigenvalue weighted by molar-refractivity contribution is 14.1. The minimum absolute atomic E-state index is 0.201. The second-order valence-electron chi connectivity index (χ2n) is 7.57. The Balaban J connectivity index is 1.64. The molecule has 4 amide bonds. The monoisotopic (exact) mass is 618 g/mol. The first-order chi connectivity index (χ1) is 17.3. The lowest BCUT2D eigenvalue weighted by Gasteiger charge is -2.26. The molecule has 1 fully saturated rings. The van der Waals surface area contributed by atoms with Crippen molar-refractivity contribution in [2.24, 2.45) is 0 Å². The summed E-state index contributed by atoms with van der Waals surface area (Å²) in [6.07, 6.45) is 1.41. The van der Waals surface area contributed by atoms with E-state index < -0.39 is 17.8 Å². The number of hydrogen-bond acceptors (Lipinski definition) is 6. The van der Waals surface area contributed by atoms with Crippen molar-refractivity contribution in [3.05, 3.63) is 86.0 Å². The summed E-state index contributed by atoms with van der Waals surface area (Å²) in [7, 11) is 3.00. The minimum Gasteiger partial charge on any atom is -0.497 e. The maximum atomic E-state index is 13.2. The molecule has 0 atom stereocenters. The number of anilines is 1. The molecule has 3 aromatic carbocycles. The van der Waals surface area contributed by atoms with Gasteiger partial charge in [0.2, 0.25) is 0 Å². The van der Waals surface area contributed by atoms with Crippen LogP contribution in [0.5, 0.6) is 17.2 Å². The molecular weight excluding hydrogens is 599 g/mol. The second-order valence-corrected chi connectivity index (χ2v) is 9.14. The van der Waals surface area contributed by atoms with Gasteiger partial charge in [0.15, 0.2) is 11.5 Å². The third kappa shape index (κ3) is 5.31. The third-order valence-electron chi connectivity index (χ3n) is 5.32. The molecular formula is C26H20ClIN2O6. The number of ether oxygens (including phenoxy) is 3. The van der Waals surface area contributed by atoms with Crippen molar-refractivity contribution in [1.29, 1.82) is 0 Å². The molecule has 0 bridgehead atoms. The van der Waals surface area contributed by atoms with Crippen LogP contribution in [0, 0.1) is 3.57 Å². The van der Waals surface area contributed by atoms with E-state index in [1.54, 1.807) is 42.5 Å². The van der Waals surface area contributed by atoms with E-state index in [0.717, 1.165) is 10.5 Å². The number of nitrogens with one attached hydrogen (secondary N) is 1. The van der Waals surface area contributed by atoms with Crippen LogP contribution in [0.25, 0.3) is 6.08 Å². The standard InChI is InChI=1S/C26H20ClIN2O6/c1-34-18-9-7-17(8-10-18)30-25(32)19(24(31)29-26(30)33)11-15-12-21(28)23(22(13-15)35-2)36-14-16-5-3-4-6-20(16)27/h3-13H,14H2,1-2H3,(H,29,31,33). The molecule has 184 valence electrons. The number of nitrogens with zero attached hydrogens (tertiary/aromatic N) is 1. The average Bonchev–Trinajstić information content (AvgIpc) is 2.86. The SMILES string of the molecule is COc1ccc(N2C(=O)NC(=O)C(=Cc3cc(I)c(OCc4ccccc4Cl)c(OC)c3)C2=O)cc1. The maximum Gasteiger partial charge on any atom is 0.335 e. The van der Waals surface area contributed by atoms with Gasteiger partial charge in [-0.25, -0.2) is 9.69 Å². The first-order valence-electron chi connectivity index (χ1n) is 10.6. The van der Waals surface area contributed by atoms with Crippen molar-refractivity contribution >= 4 is 63.8 Å². The van der Waals surface area contributed by atoms with Gasteiger partial charge in [-0.1, -0.05) is 29.8 Å². The van der Waals surface area contributed by atoms with Crippen LogP contribution in [-0.4, -0.2) is 32.1 Å². The predicted octanol–water partition coefficient (Wildman–Crippen LogP) is 5.21. The van der Waals surface area contributed by atoms with Gasteiger partial charge in [-0.2, -0.15) is 0 Å². The molecule has 0 aromatic heterocycles. The van der Waals surface area contributed by atoms with Gasteiger partial charge in [0.05, 0.1) is 23.5 Å². The number of barbiturate groups is 1. The Hall–Kier alpha value is -3.57. The summed E-state index contributed by atoms with van der Waals surface area (Å²) in [4.78, 5) is 39.1. The first kappa shape index (κ1) is 25.5. The van der Waals surface area contributed by atoms with Crippen LogP contribution >= 0.6 is 34.2 Å². The molecule has 10 heteroatoms. The zero-order chi connectivity index (χ0) is 25.8. The summed E-state index contributed by atoms with van der Waals surface area (Å²) in [5, 5.41) is 2.80. The molecule has 1 aliphatic heterocycles. The third-order valence-corrected chi connectivity index (χ3v) is 6.49. The van der Waals surface area contributed by atoms with Crippen LogP contribution in [0.1, 0.15) is 11.1 Å². The fourth-order valence-corrected chi connectivity index (χ4v) is 4.49. The first-order valence-corrected chi connectivity index (χ1v) is 12.1. The number of benzene rings is 3. The molecule has 0 aliphatic carbocycles. The Morgan fingerprint density at radius 1 is 1.00 bits per heavy atom. The van der Waals surface area contributed by atoms with Crippen LogP contribution < -0.4 is 24.4 Å². The lowest BCUT2D eigenvalue weighted by atomic mass is 10.1. The number of carbonyl (C=O) groups excluding carboxylic acids is 3. The fourth-order valence-electron chi connectivity index (χ4n) is 3.52. The molecule has 3 aromatic rings. The Morgan fingerprint density at radius 3 is 2.39 bits per heavy atom. The van der Waals surface area contributed by atoms with Crippen molar-refractivity contribution in [3.63, 3.8) is 0 Å². The van der Waals surface area contributed by atoms with Crippen LogP contribution in [-0.2, 0) is 16.2 Å². The Morgan fingerprint density at radius 2 is 1.72 bits per heavy atom. The summed E-state index contributed by atoms with van der Waals surface area (Å²) >= 11 is 8.31. The number of carbonyl (C=O) groups is 3. The van der Waals surface area contributed by atoms with E-state index in [-0.39, 0.29) is 12.2 Å². The second kappa shape index (κ2) is 11.0. The van der Waals surface area contributed by atoms with Crippen molar-refractivity contribution in [3.8, 4) is 17.2 Å². The summed E-state index contributed by atoms with van der Waals surface area (Å²) in [5.41, 5.74) is 1.43. The lowest BCUT2D eigenvalue weighted by molar-refractivity contribution is -0.122. The van der Waals surface area contributed by atoms with Gasteiger partial charge in [0, 0.05) is 10.6 Å². The maximum absolute atomic E-state index is 13.2. The number of hydrogen-bond donors (Lipinski definition) is 1. The zero-order valence-electron chi connectivity index (χ0n) is 19.2. The lowest BCUT2D eigenvalue weighted by Crippen LogP contribution is -2.54. The summed E-state index contributed by atoms with van der Waals surface area (Å²) < 4.78 is 17.3. The van der Waals surface area contributed by atoms with E-state index in [9.17, 15) is 14.4 Å². The van der Waals surface area contributed by atoms with Crippen molar-refractivity contribution < 1.29 is 28.6 Å². The number of amides is 4. The van der Waals surface area contributed by atoms with Gasteiger partial charge in [0.1, 0.15) is 17.9 Å². The van der Waals surface area contributed by atoms with Crippen molar-refractivity contribution in [2.45, 2.75) is 6.61 Å². The van der Waals surface area contributed by atoms with E-state index in [1.807, 2.05) is 18.2 Å². The van der Waals surface area contributed by atoms with Crippen LogP contribution in [0.2, 0.25) is 5.02 Å². The number of imide groups is 2. The summed E-state index contributed by atoms with van der Waals surface area (Å²) in [5.74, 6) is -0.0686. The van der Waals surface area contributed by atoms with E-state index in [1.165, 1.54) is 20.3 Å². The molecule has 1 N–H and O–H groups in total. The quantitative estimate of drug-likeness (QED) is 0.222. The molecule has 0 spiro atoms. The van der Waals surface area contributed by atoms with Gasteiger partial charge in [-0.15, -0.1) is 0 Å². The summed E-state index contributed by atoms with van der Waals surface area (Å²) in [6.45, 7) is 0.228. The molecule has 36 heavy (non-hydrogen) atoms. The average molecular weight is 619 g/mol. The molecule has 0 saturated carbocycles. The smallest absolute Gasteiger partial charge is 0.335 e. The summed E-state index contributed by atoms with van der Waals surface area (Å²) in [6, 6.07) is 16.3. The van der Waals surface area contributed by atoms with Crippen molar-refractivity contribution in [1.82, 2.24) is 5.32 Å². The highest BCUT2D eigenvalue weighted by Gasteiger charge is 2.36. The molecule has 0 unspecified atom stereocenters. The molecule has 4 rings (SSSR count). The van der Waals surface area contributed by atoms with Gasteiger partial charge >= 0.3 is 6.03 Å². The number of urea groups is 1. The van der Waals surface area contributed by atoms with Crippen LogP contribution in [0.3, 0.4) is 0 Å². The normalized spacial score (nSPS) is 14.6. The topological polar surface area (TPSA) is 94.2 Å². The van der Waals surface area contributed by atoms with E-state index >= 15 is 0 Å². The highest BCUT2D eigenvalue weighted by atomic mass is 127. The number of methoxy groups -OCH3 is 2. The van der Waals surface area contributed by atoms with Crippen LogP contribution in [0.4, 0.5) is 10.5 Å². The van der Waals surface area contributed by atoms with Gasteiger partial charge in [-0.05, 0) is 76.7 Å². The van der Waals surface area contributed by atoms with Crippen molar-refractivity contribution in [2.75, 3.05) is 19.1 Å². The van der Waals surface area contributed by atoms with E-state index in [4.69, 9.17) is 25.8 Å². The number of rotatable bonds is 7. The number of halogens is 2. The Kier molecular flexibility index (Phi) is 7.80. The van der Waals surface area contributed by atoms with E-state index in [2.05, 4.69) is 27.9 Å². The zero-order valence-corrected chi connectivity index (χ0v) is 22.1. The molecule has 1 aliphatic rings. The van der Waals surface area contributed by atoms with E-state index in [0.29, 0.717) is 37.1 Å². The van der Waals surface area contributed by atoms with Gasteiger partial charge < -0.3 is 14.2 Å². The van der Waals surface area contributed by atoms with Gasteiger partial charge in [0.25, 0.3) is 11.8 Å².